The predicted octanol–water partition coefficient (Wildman–Crippen LogP) is 1.50. The zero-order valence-electron chi connectivity index (χ0n) is 6.46. The van der Waals surface area contributed by atoms with Gasteiger partial charge >= 0.3 is 0 Å². The highest BCUT2D eigenvalue weighted by molar-refractivity contribution is 5.63. The van der Waals surface area contributed by atoms with Crippen LogP contribution >= 0.6 is 0 Å². The van der Waals surface area contributed by atoms with Crippen LogP contribution in [0.3, 0.4) is 0 Å². The fourth-order valence-electron chi connectivity index (χ4n) is 0.831. The molecule has 0 saturated heterocycles. The number of nitrogens with zero attached hydrogens (tertiary/aromatic N) is 1. The molecule has 1 aromatic rings. The molecule has 0 aliphatic carbocycles. The molecule has 0 saturated carbocycles. The number of anilines is 1. The Hall–Kier alpha value is -1.51. The number of aromatic nitrogens is 2. The molecule has 0 fully saturated rings. The fourth-order valence-corrected chi connectivity index (χ4v) is 0.831. The minimum Gasteiger partial charge on any atom is -0.382 e. The van der Waals surface area contributed by atoms with Crippen LogP contribution in [0.25, 0.3) is 6.08 Å². The van der Waals surface area contributed by atoms with E-state index < -0.39 is 0 Å². The van der Waals surface area contributed by atoms with Crippen molar-refractivity contribution < 1.29 is 0 Å². The van der Waals surface area contributed by atoms with Gasteiger partial charge in [0.1, 0.15) is 0 Å². The lowest BCUT2D eigenvalue weighted by Gasteiger charge is -1.88. The summed E-state index contributed by atoms with van der Waals surface area (Å²) in [5, 5.41) is 6.62. The third-order valence-electron chi connectivity index (χ3n) is 1.42. The van der Waals surface area contributed by atoms with E-state index in [1.807, 2.05) is 19.1 Å². The molecule has 0 unspecified atom stereocenters. The minimum atomic E-state index is 0.528. The summed E-state index contributed by atoms with van der Waals surface area (Å²) in [6.45, 7) is 5.48. The molecular weight excluding hydrogens is 138 g/mol. The van der Waals surface area contributed by atoms with Gasteiger partial charge in [0.25, 0.3) is 0 Å². The van der Waals surface area contributed by atoms with Crippen LogP contribution in [0.4, 0.5) is 5.82 Å². The SMILES string of the molecule is C=C/C=C\c1c(N)n[nH]c1C. The number of aromatic amines is 1. The van der Waals surface area contributed by atoms with Gasteiger partial charge in [-0.05, 0) is 13.0 Å². The van der Waals surface area contributed by atoms with Crippen LogP contribution in [-0.4, -0.2) is 10.2 Å². The number of nitrogen functional groups attached to an aromatic ring is 1. The Balaban J connectivity index is 3.00. The maximum Gasteiger partial charge on any atom is 0.152 e. The topological polar surface area (TPSA) is 54.7 Å². The Morgan fingerprint density at radius 1 is 1.64 bits per heavy atom. The molecule has 0 spiro atoms. The van der Waals surface area contributed by atoms with Crippen LogP contribution in [0.15, 0.2) is 18.7 Å². The number of nitrogens with one attached hydrogen (secondary N) is 1. The Morgan fingerprint density at radius 3 is 2.82 bits per heavy atom. The van der Waals surface area contributed by atoms with Crippen molar-refractivity contribution in [1.29, 1.82) is 0 Å². The lowest BCUT2D eigenvalue weighted by molar-refractivity contribution is 1.05. The summed E-state index contributed by atoms with van der Waals surface area (Å²) in [7, 11) is 0. The standard InChI is InChI=1S/C8H11N3/c1-3-4-5-7-6(2)10-11-8(7)9/h3-5H,1H2,2H3,(H3,9,10,11)/b5-4-. The number of hydrogen-bond acceptors (Lipinski definition) is 2. The van der Waals surface area contributed by atoms with Gasteiger partial charge in [-0.15, -0.1) is 0 Å². The molecule has 1 heterocycles. The lowest BCUT2D eigenvalue weighted by Crippen LogP contribution is -1.86. The molecule has 3 heteroatoms. The van der Waals surface area contributed by atoms with E-state index in [1.54, 1.807) is 6.08 Å². The first-order chi connectivity index (χ1) is 5.25. The van der Waals surface area contributed by atoms with Crippen molar-refractivity contribution in [3.63, 3.8) is 0 Å². The average Bonchev–Trinajstić information content (AvgIpc) is 2.29. The summed E-state index contributed by atoms with van der Waals surface area (Å²) in [5.74, 6) is 0.528. The third kappa shape index (κ3) is 1.49. The van der Waals surface area contributed by atoms with Crippen molar-refractivity contribution in [2.75, 3.05) is 5.73 Å². The van der Waals surface area contributed by atoms with Gasteiger partial charge in [-0.25, -0.2) is 0 Å². The quantitative estimate of drug-likeness (QED) is 0.626. The second-order valence-electron chi connectivity index (χ2n) is 2.24. The van der Waals surface area contributed by atoms with E-state index in [4.69, 9.17) is 5.73 Å². The third-order valence-corrected chi connectivity index (χ3v) is 1.42. The molecule has 3 N–H and O–H groups in total. The van der Waals surface area contributed by atoms with Gasteiger partial charge in [0.05, 0.1) is 0 Å². The summed E-state index contributed by atoms with van der Waals surface area (Å²) < 4.78 is 0. The van der Waals surface area contributed by atoms with Gasteiger partial charge in [-0.3, -0.25) is 5.10 Å². The maximum absolute atomic E-state index is 5.55. The second kappa shape index (κ2) is 3.05. The Labute approximate surface area is 65.6 Å². The number of rotatable bonds is 2. The first kappa shape index (κ1) is 7.60. The van der Waals surface area contributed by atoms with Crippen LogP contribution in [-0.2, 0) is 0 Å². The van der Waals surface area contributed by atoms with Crippen LogP contribution in [0.2, 0.25) is 0 Å². The fraction of sp³-hybridized carbons (Fsp3) is 0.125. The van der Waals surface area contributed by atoms with E-state index in [-0.39, 0.29) is 0 Å². The molecule has 0 bridgehead atoms. The van der Waals surface area contributed by atoms with Gasteiger partial charge in [0.2, 0.25) is 0 Å². The summed E-state index contributed by atoms with van der Waals surface area (Å²) in [6.07, 6.45) is 5.40. The van der Waals surface area contributed by atoms with Crippen LogP contribution in [0.1, 0.15) is 11.3 Å². The molecule has 0 radical (unpaired) electrons. The summed E-state index contributed by atoms with van der Waals surface area (Å²) in [5.41, 5.74) is 7.46. The van der Waals surface area contributed by atoms with Crippen molar-refractivity contribution in [3.05, 3.63) is 30.0 Å². The summed E-state index contributed by atoms with van der Waals surface area (Å²) in [4.78, 5) is 0. The molecular formula is C8H11N3. The van der Waals surface area contributed by atoms with Crippen LogP contribution < -0.4 is 5.73 Å². The van der Waals surface area contributed by atoms with Gasteiger partial charge in [0, 0.05) is 11.3 Å². The first-order valence-electron chi connectivity index (χ1n) is 3.35. The number of allylic oxidation sites excluding steroid dienone is 2. The highest BCUT2D eigenvalue weighted by Crippen LogP contribution is 2.13. The number of aryl methyl sites for hydroxylation is 1. The average molecular weight is 149 g/mol. The van der Waals surface area contributed by atoms with Gasteiger partial charge in [-0.2, -0.15) is 5.10 Å². The zero-order valence-corrected chi connectivity index (χ0v) is 6.46. The maximum atomic E-state index is 5.55. The predicted molar refractivity (Wildman–Crippen MR) is 47.0 cm³/mol. The van der Waals surface area contributed by atoms with Crippen molar-refractivity contribution in [2.45, 2.75) is 6.92 Å². The Bertz CT molecular complexity index is 264. The molecule has 1 rings (SSSR count). The first-order valence-corrected chi connectivity index (χ1v) is 3.35. The minimum absolute atomic E-state index is 0.528. The van der Waals surface area contributed by atoms with Gasteiger partial charge < -0.3 is 5.73 Å². The Morgan fingerprint density at radius 2 is 2.36 bits per heavy atom. The molecule has 0 aliphatic rings. The molecule has 11 heavy (non-hydrogen) atoms. The molecule has 58 valence electrons. The molecule has 0 atom stereocenters. The van der Waals surface area contributed by atoms with E-state index in [1.165, 1.54) is 0 Å². The lowest BCUT2D eigenvalue weighted by atomic mass is 10.2. The number of H-pyrrole nitrogens is 1. The monoisotopic (exact) mass is 149 g/mol. The second-order valence-corrected chi connectivity index (χ2v) is 2.24. The van der Waals surface area contributed by atoms with E-state index in [2.05, 4.69) is 16.8 Å². The summed E-state index contributed by atoms with van der Waals surface area (Å²) >= 11 is 0. The van der Waals surface area contributed by atoms with Gasteiger partial charge in [0.15, 0.2) is 5.82 Å². The van der Waals surface area contributed by atoms with E-state index >= 15 is 0 Å². The zero-order chi connectivity index (χ0) is 8.27. The van der Waals surface area contributed by atoms with Crippen LogP contribution in [0, 0.1) is 6.92 Å². The van der Waals surface area contributed by atoms with Crippen molar-refractivity contribution >= 4 is 11.9 Å². The Kier molecular flexibility index (Phi) is 2.11. The van der Waals surface area contributed by atoms with Gasteiger partial charge in [-0.1, -0.05) is 18.7 Å². The van der Waals surface area contributed by atoms with Crippen molar-refractivity contribution in [1.82, 2.24) is 10.2 Å². The smallest absolute Gasteiger partial charge is 0.152 e. The number of nitrogens with two attached hydrogens (primary N) is 1. The molecule has 1 aromatic heterocycles. The number of hydrogen-bond donors (Lipinski definition) is 2. The van der Waals surface area contributed by atoms with Crippen LogP contribution in [0.5, 0.6) is 0 Å². The van der Waals surface area contributed by atoms with E-state index in [0.29, 0.717) is 5.82 Å². The van der Waals surface area contributed by atoms with Crippen molar-refractivity contribution in [2.24, 2.45) is 0 Å². The van der Waals surface area contributed by atoms with E-state index in [0.717, 1.165) is 11.3 Å². The molecule has 0 amide bonds. The van der Waals surface area contributed by atoms with Crippen molar-refractivity contribution in [3.8, 4) is 0 Å². The van der Waals surface area contributed by atoms with E-state index in [9.17, 15) is 0 Å². The largest absolute Gasteiger partial charge is 0.382 e. The highest BCUT2D eigenvalue weighted by atomic mass is 15.2. The summed E-state index contributed by atoms with van der Waals surface area (Å²) in [6, 6.07) is 0. The highest BCUT2D eigenvalue weighted by Gasteiger charge is 2.00. The molecule has 0 aliphatic heterocycles. The molecule has 3 nitrogen and oxygen atoms in total. The normalized spacial score (nSPS) is 10.6. The molecule has 0 aromatic carbocycles.